The van der Waals surface area contributed by atoms with Gasteiger partial charge in [0, 0.05) is 12.7 Å². The third-order valence-electron chi connectivity index (χ3n) is 5.80. The lowest BCUT2D eigenvalue weighted by molar-refractivity contribution is -0.0511. The van der Waals surface area contributed by atoms with Gasteiger partial charge in [-0.15, -0.1) is 0 Å². The van der Waals surface area contributed by atoms with Crippen LogP contribution in [0.3, 0.4) is 0 Å². The van der Waals surface area contributed by atoms with E-state index in [1.807, 2.05) is 30.3 Å². The maximum Gasteiger partial charge on any atom is 0.341 e. The molecule has 0 aliphatic carbocycles. The first-order chi connectivity index (χ1) is 17.5. The average Bonchev–Trinajstić information content (AvgIpc) is 3.62. The van der Waals surface area contributed by atoms with Crippen molar-refractivity contribution < 1.29 is 29.6 Å². The van der Waals surface area contributed by atoms with Crippen LogP contribution < -0.4 is 5.32 Å². The van der Waals surface area contributed by atoms with Gasteiger partial charge in [0.15, 0.2) is 23.2 Å². The monoisotopic (exact) mass is 495 g/mol. The minimum atomic E-state index is -1.32. The maximum atomic E-state index is 12.1. The molecule has 1 saturated heterocycles. The van der Waals surface area contributed by atoms with E-state index in [1.54, 1.807) is 6.92 Å². The van der Waals surface area contributed by atoms with Crippen LogP contribution in [0.2, 0.25) is 0 Å². The summed E-state index contributed by atoms with van der Waals surface area (Å²) < 4.78 is 13.5. The van der Waals surface area contributed by atoms with E-state index in [-0.39, 0.29) is 18.1 Å². The van der Waals surface area contributed by atoms with Gasteiger partial charge in [-0.2, -0.15) is 15.1 Å². The lowest BCUT2D eigenvalue weighted by Crippen LogP contribution is -2.33. The molecule has 5 rings (SSSR count). The van der Waals surface area contributed by atoms with Crippen molar-refractivity contribution in [2.45, 2.75) is 38.0 Å². The van der Waals surface area contributed by atoms with Crippen LogP contribution in [0.4, 0.5) is 5.82 Å². The molecule has 1 aliphatic heterocycles. The highest BCUT2D eigenvalue weighted by atomic mass is 16.6. The highest BCUT2D eigenvalue weighted by Gasteiger charge is 2.44. The van der Waals surface area contributed by atoms with Gasteiger partial charge in [-0.25, -0.2) is 14.5 Å². The number of imidazole rings is 1. The molecule has 1 fully saturated rings. The summed E-state index contributed by atoms with van der Waals surface area (Å²) in [5.41, 5.74) is 1.93. The zero-order valence-corrected chi connectivity index (χ0v) is 19.3. The summed E-state index contributed by atoms with van der Waals surface area (Å²) in [6, 6.07) is 9.70. The minimum Gasteiger partial charge on any atom is -0.462 e. The predicted molar refractivity (Wildman–Crippen MR) is 125 cm³/mol. The van der Waals surface area contributed by atoms with E-state index in [0.29, 0.717) is 23.5 Å². The molecule has 0 unspecified atom stereocenters. The van der Waals surface area contributed by atoms with Gasteiger partial charge in [-0.1, -0.05) is 30.3 Å². The minimum absolute atomic E-state index is 0.127. The first-order valence-electron chi connectivity index (χ1n) is 11.4. The van der Waals surface area contributed by atoms with Crippen molar-refractivity contribution >= 4 is 23.0 Å². The number of nitrogens with zero attached hydrogens (tertiary/aromatic N) is 6. The van der Waals surface area contributed by atoms with Gasteiger partial charge < -0.3 is 30.1 Å². The number of aliphatic hydroxyl groups is 3. The molecule has 0 amide bonds. The Morgan fingerprint density at radius 3 is 2.72 bits per heavy atom. The summed E-state index contributed by atoms with van der Waals surface area (Å²) in [5.74, 6) is -0.0107. The molecule has 3 aromatic heterocycles. The standard InChI is InChI=1S/C23H25N7O6/c1-2-35-22(34)14-9-26-30(10-14)23-27-19(24-8-13-6-4-3-5-7-13)16-20(28-23)29(12-25-16)21-18(33)17(32)15(11-31)36-21/h3-7,9-10,12,15,17-18,21,31-33H,2,8,11H2,1H3,(H,24,27,28)/t15-,17-,18+,21-/m1/s1. The highest BCUT2D eigenvalue weighted by molar-refractivity contribution is 5.89. The molecule has 0 spiro atoms. The molecule has 13 nitrogen and oxygen atoms in total. The first-order valence-corrected chi connectivity index (χ1v) is 11.4. The number of hydrogen-bond acceptors (Lipinski definition) is 11. The third-order valence-corrected chi connectivity index (χ3v) is 5.80. The molecule has 4 N–H and O–H groups in total. The van der Waals surface area contributed by atoms with E-state index in [9.17, 15) is 20.1 Å². The van der Waals surface area contributed by atoms with Crippen molar-refractivity contribution in [3.63, 3.8) is 0 Å². The van der Waals surface area contributed by atoms with Crippen LogP contribution in [0.25, 0.3) is 17.1 Å². The van der Waals surface area contributed by atoms with Gasteiger partial charge >= 0.3 is 5.97 Å². The van der Waals surface area contributed by atoms with Crippen molar-refractivity contribution in [1.82, 2.24) is 29.3 Å². The van der Waals surface area contributed by atoms with E-state index in [4.69, 9.17) is 9.47 Å². The number of aromatic nitrogens is 6. The maximum absolute atomic E-state index is 12.1. The van der Waals surface area contributed by atoms with Gasteiger partial charge in [0.25, 0.3) is 5.95 Å². The third kappa shape index (κ3) is 4.40. The second-order valence-corrected chi connectivity index (χ2v) is 8.16. The van der Waals surface area contributed by atoms with Crippen molar-refractivity contribution in [2.24, 2.45) is 0 Å². The number of carbonyl (C=O) groups excluding carboxylic acids is 1. The van der Waals surface area contributed by atoms with Gasteiger partial charge in [-0.05, 0) is 12.5 Å². The topological polar surface area (TPSA) is 170 Å². The number of anilines is 1. The quantitative estimate of drug-likeness (QED) is 0.250. The Balaban J connectivity index is 1.56. The smallest absolute Gasteiger partial charge is 0.341 e. The molecule has 0 saturated carbocycles. The number of aliphatic hydroxyl groups excluding tert-OH is 3. The number of benzene rings is 1. The molecule has 4 atom stereocenters. The van der Waals surface area contributed by atoms with Crippen LogP contribution in [-0.4, -0.2) is 82.1 Å². The molecule has 0 radical (unpaired) electrons. The van der Waals surface area contributed by atoms with E-state index in [1.165, 1.54) is 28.0 Å². The normalized spacial score (nSPS) is 21.7. The van der Waals surface area contributed by atoms with Crippen LogP contribution in [-0.2, 0) is 16.0 Å². The largest absolute Gasteiger partial charge is 0.462 e. The molecule has 4 heterocycles. The Bertz CT molecular complexity index is 1360. The first kappa shape index (κ1) is 23.8. The van der Waals surface area contributed by atoms with Crippen LogP contribution in [0.1, 0.15) is 29.1 Å². The predicted octanol–water partition coefficient (Wildman–Crippen LogP) is 0.412. The highest BCUT2D eigenvalue weighted by Crippen LogP contribution is 2.32. The fourth-order valence-corrected chi connectivity index (χ4v) is 3.96. The second kappa shape index (κ2) is 9.99. The molecule has 36 heavy (non-hydrogen) atoms. The number of hydrogen-bond donors (Lipinski definition) is 4. The Hall–Kier alpha value is -3.91. The van der Waals surface area contributed by atoms with Gasteiger partial charge in [0.1, 0.15) is 18.3 Å². The summed E-state index contributed by atoms with van der Waals surface area (Å²) in [5, 5.41) is 37.7. The summed E-state index contributed by atoms with van der Waals surface area (Å²) >= 11 is 0. The molecule has 1 aromatic carbocycles. The summed E-state index contributed by atoms with van der Waals surface area (Å²) in [6.07, 6.45) is -0.382. The zero-order chi connectivity index (χ0) is 25.2. The Morgan fingerprint density at radius 1 is 1.19 bits per heavy atom. The van der Waals surface area contributed by atoms with Crippen molar-refractivity contribution in [1.29, 1.82) is 0 Å². The van der Waals surface area contributed by atoms with Crippen LogP contribution in [0, 0.1) is 0 Å². The average molecular weight is 495 g/mol. The molecular weight excluding hydrogens is 470 g/mol. The van der Waals surface area contributed by atoms with Crippen molar-refractivity contribution in [3.8, 4) is 5.95 Å². The summed E-state index contributed by atoms with van der Waals surface area (Å²) in [6.45, 7) is 1.92. The molecule has 188 valence electrons. The van der Waals surface area contributed by atoms with Crippen molar-refractivity contribution in [2.75, 3.05) is 18.5 Å². The fourth-order valence-electron chi connectivity index (χ4n) is 3.96. The van der Waals surface area contributed by atoms with Gasteiger partial charge in [0.05, 0.1) is 31.3 Å². The van der Waals surface area contributed by atoms with E-state index in [0.717, 1.165) is 5.56 Å². The van der Waals surface area contributed by atoms with E-state index in [2.05, 4.69) is 25.4 Å². The Labute approximate surface area is 205 Å². The van der Waals surface area contributed by atoms with Crippen LogP contribution >= 0.6 is 0 Å². The molecular formula is C23H25N7O6. The summed E-state index contributed by atoms with van der Waals surface area (Å²) in [4.78, 5) is 25.6. The fraction of sp³-hybridized carbons (Fsp3) is 0.348. The SMILES string of the molecule is CCOC(=O)c1cnn(-c2nc(NCc3ccccc3)c3ncn([C@@H]4O[C@H](CO)[C@@H](O)[C@@H]4O)c3n2)c1. The number of carbonyl (C=O) groups is 1. The number of ether oxygens (including phenoxy) is 2. The van der Waals surface area contributed by atoms with Crippen molar-refractivity contribution in [3.05, 3.63) is 60.2 Å². The summed E-state index contributed by atoms with van der Waals surface area (Å²) in [7, 11) is 0. The van der Waals surface area contributed by atoms with Gasteiger partial charge in [0.2, 0.25) is 0 Å². The molecule has 0 bridgehead atoms. The number of nitrogens with one attached hydrogen (secondary N) is 1. The number of rotatable bonds is 8. The Morgan fingerprint density at radius 2 is 2.00 bits per heavy atom. The number of fused-ring (bicyclic) bond motifs is 1. The molecule has 1 aliphatic rings. The van der Waals surface area contributed by atoms with E-state index < -0.39 is 37.1 Å². The van der Waals surface area contributed by atoms with Crippen LogP contribution in [0.5, 0.6) is 0 Å². The zero-order valence-electron chi connectivity index (χ0n) is 19.3. The Kier molecular flexibility index (Phi) is 6.61. The lowest BCUT2D eigenvalue weighted by atomic mass is 10.1. The van der Waals surface area contributed by atoms with E-state index >= 15 is 0 Å². The lowest BCUT2D eigenvalue weighted by Gasteiger charge is -2.17. The number of esters is 1. The molecule has 4 aromatic rings. The van der Waals surface area contributed by atoms with Gasteiger partial charge in [-0.3, -0.25) is 4.57 Å². The molecule has 13 heteroatoms. The van der Waals surface area contributed by atoms with Crippen LogP contribution in [0.15, 0.2) is 49.1 Å². The second-order valence-electron chi connectivity index (χ2n) is 8.16.